The molecular weight excluding hydrogens is 438 g/mol. The van der Waals surface area contributed by atoms with Gasteiger partial charge in [0.15, 0.2) is 0 Å². The van der Waals surface area contributed by atoms with E-state index in [1.54, 1.807) is 7.11 Å². The Bertz CT molecular complexity index is 1170. The monoisotopic (exact) mass is 475 g/mol. The number of hydrogen-bond acceptors (Lipinski definition) is 5. The number of hydrogen-bond donors (Lipinski definition) is 2. The lowest BCUT2D eigenvalue weighted by atomic mass is 9.79. The highest BCUT2D eigenvalue weighted by molar-refractivity contribution is 5.87. The highest BCUT2D eigenvalue weighted by Crippen LogP contribution is 2.48. The van der Waals surface area contributed by atoms with E-state index in [0.29, 0.717) is 25.0 Å². The highest BCUT2D eigenvalue weighted by atomic mass is 16.5. The summed E-state index contributed by atoms with van der Waals surface area (Å²) in [6.07, 6.45) is 2.52. The van der Waals surface area contributed by atoms with Crippen LogP contribution in [0.4, 0.5) is 0 Å². The van der Waals surface area contributed by atoms with Crippen LogP contribution in [0.15, 0.2) is 48.5 Å². The van der Waals surface area contributed by atoms with E-state index >= 15 is 0 Å². The number of carbonyl (C=O) groups is 1. The molecule has 1 aromatic heterocycles. The van der Waals surface area contributed by atoms with Gasteiger partial charge in [-0.2, -0.15) is 0 Å². The summed E-state index contributed by atoms with van der Waals surface area (Å²) in [7, 11) is 3.25. The van der Waals surface area contributed by atoms with Crippen molar-refractivity contribution in [2.75, 3.05) is 27.4 Å². The maximum absolute atomic E-state index is 13.2. The molecule has 3 heterocycles. The van der Waals surface area contributed by atoms with Crippen LogP contribution in [-0.4, -0.2) is 55.3 Å². The molecule has 0 aliphatic carbocycles. The van der Waals surface area contributed by atoms with Gasteiger partial charge in [0.05, 0.1) is 19.8 Å². The van der Waals surface area contributed by atoms with Crippen LogP contribution in [0.5, 0.6) is 0 Å². The van der Waals surface area contributed by atoms with Crippen molar-refractivity contribution in [1.29, 1.82) is 0 Å². The second kappa shape index (κ2) is 10.1. The van der Waals surface area contributed by atoms with Gasteiger partial charge in [-0.1, -0.05) is 56.3 Å². The summed E-state index contributed by atoms with van der Waals surface area (Å²) in [5.74, 6) is 0.332. The van der Waals surface area contributed by atoms with Crippen LogP contribution in [-0.2, 0) is 20.7 Å². The summed E-state index contributed by atoms with van der Waals surface area (Å²) in [4.78, 5) is 19.4. The summed E-state index contributed by atoms with van der Waals surface area (Å²) in [6.45, 7) is 5.93. The summed E-state index contributed by atoms with van der Waals surface area (Å²) in [5, 5.41) is 4.94. The van der Waals surface area contributed by atoms with Gasteiger partial charge < -0.3 is 19.8 Å². The summed E-state index contributed by atoms with van der Waals surface area (Å²) >= 11 is 0. The van der Waals surface area contributed by atoms with Crippen molar-refractivity contribution in [3.8, 4) is 0 Å². The third kappa shape index (κ3) is 4.51. The predicted molar refractivity (Wildman–Crippen MR) is 139 cm³/mol. The first kappa shape index (κ1) is 24.0. The minimum absolute atomic E-state index is 0.0961. The highest BCUT2D eigenvalue weighted by Gasteiger charge is 2.48. The number of para-hydroxylation sites is 1. The SMILES string of the molecule is COCCNC1CC(c2ccc(C(C)C)cc2)N2C(C(=O)OC)Cc3c([nH]c4ccccc34)C2C1. The number of nitrogens with one attached hydrogen (secondary N) is 2. The molecular formula is C29H37N3O3. The molecule has 6 nitrogen and oxygen atoms in total. The Balaban J connectivity index is 1.59. The molecule has 3 aromatic rings. The second-order valence-corrected chi connectivity index (χ2v) is 10.2. The lowest BCUT2D eigenvalue weighted by Crippen LogP contribution is -2.55. The van der Waals surface area contributed by atoms with Crippen LogP contribution in [0.3, 0.4) is 0 Å². The van der Waals surface area contributed by atoms with E-state index in [9.17, 15) is 4.79 Å². The second-order valence-electron chi connectivity index (χ2n) is 10.2. The smallest absolute Gasteiger partial charge is 0.323 e. The number of fused-ring (bicyclic) bond motifs is 5. The first-order valence-corrected chi connectivity index (χ1v) is 12.8. The fourth-order valence-corrected chi connectivity index (χ4v) is 6.11. The van der Waals surface area contributed by atoms with Crippen molar-refractivity contribution in [3.63, 3.8) is 0 Å². The molecule has 0 radical (unpaired) electrons. The standard InChI is InChI=1S/C29H37N3O3/c1-18(2)19-9-11-20(12-10-19)25-15-21(30-13-14-34-3)16-26-28-23(17-27(32(25)26)29(33)35-4)22-7-5-6-8-24(22)31-28/h5-12,18,21,25-27,30-31H,13-17H2,1-4H3. The van der Waals surface area contributed by atoms with Crippen LogP contribution < -0.4 is 5.32 Å². The normalized spacial score (nSPS) is 24.4. The first-order valence-electron chi connectivity index (χ1n) is 12.8. The quantitative estimate of drug-likeness (QED) is 0.377. The molecule has 0 amide bonds. The Morgan fingerprint density at radius 1 is 1.09 bits per heavy atom. The average molecular weight is 476 g/mol. The lowest BCUT2D eigenvalue weighted by Gasteiger charge is -2.50. The number of methoxy groups -OCH3 is 2. The van der Waals surface area contributed by atoms with Crippen molar-refractivity contribution in [2.45, 2.75) is 63.2 Å². The number of piperidine rings is 1. The van der Waals surface area contributed by atoms with E-state index in [1.807, 2.05) is 0 Å². The summed E-state index contributed by atoms with van der Waals surface area (Å²) in [6, 6.07) is 17.6. The van der Waals surface area contributed by atoms with Gasteiger partial charge in [-0.05, 0) is 41.5 Å². The molecule has 1 fully saturated rings. The fraction of sp³-hybridized carbons (Fsp3) is 0.483. The zero-order valence-electron chi connectivity index (χ0n) is 21.2. The molecule has 2 N–H and O–H groups in total. The van der Waals surface area contributed by atoms with Crippen molar-refractivity contribution >= 4 is 16.9 Å². The number of nitrogens with zero attached hydrogens (tertiary/aromatic N) is 1. The molecule has 0 bridgehead atoms. The predicted octanol–water partition coefficient (Wildman–Crippen LogP) is 4.87. The molecule has 35 heavy (non-hydrogen) atoms. The van der Waals surface area contributed by atoms with Gasteiger partial charge in [0, 0.05) is 48.8 Å². The lowest BCUT2D eigenvalue weighted by molar-refractivity contribution is -0.152. The molecule has 2 aliphatic rings. The third-order valence-corrected chi connectivity index (χ3v) is 7.87. The number of carbonyl (C=O) groups excluding carboxylic acids is 1. The first-order chi connectivity index (χ1) is 17.0. The Kier molecular flexibility index (Phi) is 6.96. The summed E-state index contributed by atoms with van der Waals surface area (Å²) < 4.78 is 10.7. The third-order valence-electron chi connectivity index (χ3n) is 7.87. The van der Waals surface area contributed by atoms with Crippen molar-refractivity contribution < 1.29 is 14.3 Å². The average Bonchev–Trinajstić information content (AvgIpc) is 3.26. The van der Waals surface area contributed by atoms with Crippen LogP contribution in [0, 0.1) is 0 Å². The van der Waals surface area contributed by atoms with Crippen molar-refractivity contribution in [2.24, 2.45) is 0 Å². The molecule has 4 unspecified atom stereocenters. The Morgan fingerprint density at radius 2 is 1.83 bits per heavy atom. The molecule has 2 aromatic carbocycles. The fourth-order valence-electron chi connectivity index (χ4n) is 6.11. The van der Waals surface area contributed by atoms with Gasteiger partial charge in [0.1, 0.15) is 6.04 Å². The maximum Gasteiger partial charge on any atom is 0.323 e. The number of benzene rings is 2. The van der Waals surface area contributed by atoms with Gasteiger partial charge in [0.2, 0.25) is 0 Å². The number of ether oxygens (including phenoxy) is 2. The largest absolute Gasteiger partial charge is 0.468 e. The van der Waals surface area contributed by atoms with Gasteiger partial charge in [0.25, 0.3) is 0 Å². The molecule has 186 valence electrons. The number of H-pyrrole nitrogens is 1. The van der Waals surface area contributed by atoms with E-state index in [0.717, 1.165) is 24.9 Å². The van der Waals surface area contributed by atoms with Crippen LogP contribution in [0.25, 0.3) is 10.9 Å². The molecule has 0 spiro atoms. The zero-order valence-corrected chi connectivity index (χ0v) is 21.2. The van der Waals surface area contributed by atoms with E-state index in [4.69, 9.17) is 9.47 Å². The molecule has 6 heteroatoms. The summed E-state index contributed by atoms with van der Waals surface area (Å²) in [5.41, 5.74) is 6.22. The zero-order chi connectivity index (χ0) is 24.5. The van der Waals surface area contributed by atoms with Crippen LogP contribution >= 0.6 is 0 Å². The van der Waals surface area contributed by atoms with Crippen molar-refractivity contribution in [1.82, 2.24) is 15.2 Å². The number of aromatic nitrogens is 1. The van der Waals surface area contributed by atoms with Crippen molar-refractivity contribution in [3.05, 3.63) is 70.9 Å². The molecule has 1 saturated heterocycles. The molecule has 0 saturated carbocycles. The van der Waals surface area contributed by atoms with Gasteiger partial charge in [-0.3, -0.25) is 9.69 Å². The van der Waals surface area contributed by atoms with Gasteiger partial charge >= 0.3 is 5.97 Å². The van der Waals surface area contributed by atoms with Crippen LogP contribution in [0.1, 0.15) is 67.1 Å². The Labute approximate surface area is 208 Å². The van der Waals surface area contributed by atoms with E-state index in [2.05, 4.69) is 77.6 Å². The molecule has 4 atom stereocenters. The van der Waals surface area contributed by atoms with Crippen LogP contribution in [0.2, 0.25) is 0 Å². The maximum atomic E-state index is 13.2. The van der Waals surface area contributed by atoms with Gasteiger partial charge in [-0.25, -0.2) is 0 Å². The number of aromatic amines is 1. The number of esters is 1. The Morgan fingerprint density at radius 3 is 2.54 bits per heavy atom. The van der Waals surface area contributed by atoms with E-state index < -0.39 is 0 Å². The number of rotatable bonds is 7. The Hall–Kier alpha value is -2.67. The van der Waals surface area contributed by atoms with Gasteiger partial charge in [-0.15, -0.1) is 0 Å². The molecule has 2 aliphatic heterocycles. The topological polar surface area (TPSA) is 66.6 Å². The van der Waals surface area contributed by atoms with E-state index in [1.165, 1.54) is 34.9 Å². The minimum Gasteiger partial charge on any atom is -0.468 e. The van der Waals surface area contributed by atoms with E-state index in [-0.39, 0.29) is 24.1 Å². The minimum atomic E-state index is -0.314. The molecule has 5 rings (SSSR count).